The highest BCUT2D eigenvalue weighted by molar-refractivity contribution is 7.95. The van der Waals surface area contributed by atoms with E-state index in [0.717, 1.165) is 40.6 Å². The molecule has 4 aromatic carbocycles. The standard InChI is InChI=1S/C34H33ClN2O5S2/c1-3-4-8-23-11-14-26(15-12-23)36-30-21-27(42-31(33(38)39)19-24-9-6-5-7-10-24)16-17-29(30)37-44(40,41)34-22(2)28-20-25(35)13-18-32(28)43-34/h5-7,9-18,20-21,31,36-37H,3-4,8,19H2,1-2H3,(H,38,39). The molecule has 0 bridgehead atoms. The van der Waals surface area contributed by atoms with E-state index in [1.807, 2.05) is 60.7 Å². The Balaban J connectivity index is 1.47. The average molecular weight is 649 g/mol. The number of hydrogen-bond donors (Lipinski definition) is 3. The van der Waals surface area contributed by atoms with Crippen molar-refractivity contribution < 1.29 is 23.1 Å². The van der Waals surface area contributed by atoms with Crippen LogP contribution in [0.15, 0.2) is 95.2 Å². The number of benzene rings is 4. The van der Waals surface area contributed by atoms with Gasteiger partial charge in [0.25, 0.3) is 10.0 Å². The van der Waals surface area contributed by atoms with Crippen LogP contribution in [-0.4, -0.2) is 25.6 Å². The fourth-order valence-electron chi connectivity index (χ4n) is 4.87. The van der Waals surface area contributed by atoms with E-state index >= 15 is 0 Å². The van der Waals surface area contributed by atoms with Gasteiger partial charge in [0.2, 0.25) is 0 Å². The zero-order valence-corrected chi connectivity index (χ0v) is 26.7. The third-order valence-corrected chi connectivity index (χ3v) is 10.7. The minimum Gasteiger partial charge on any atom is -0.478 e. The van der Waals surface area contributed by atoms with Crippen molar-refractivity contribution >= 4 is 66.1 Å². The monoisotopic (exact) mass is 648 g/mol. The molecule has 228 valence electrons. The zero-order chi connectivity index (χ0) is 31.3. The Morgan fingerprint density at radius 3 is 2.41 bits per heavy atom. The fraction of sp³-hybridized carbons (Fsp3) is 0.206. The normalized spacial score (nSPS) is 12.2. The number of anilines is 3. The number of rotatable bonds is 13. The molecule has 3 N–H and O–H groups in total. The van der Waals surface area contributed by atoms with Crippen LogP contribution < -0.4 is 14.8 Å². The Hall–Kier alpha value is -4.05. The SMILES string of the molecule is CCCCc1ccc(Nc2cc(OC(Cc3ccccc3)C(=O)O)ccc2NS(=O)(=O)c2sc3ccc(Cl)cc3c2C)cc1. The number of ether oxygens (including phenoxy) is 1. The second kappa shape index (κ2) is 13.7. The van der Waals surface area contributed by atoms with Crippen molar-refractivity contribution in [2.45, 2.75) is 49.8 Å². The Labute approximate surface area is 266 Å². The lowest BCUT2D eigenvalue weighted by Crippen LogP contribution is -2.29. The highest BCUT2D eigenvalue weighted by Crippen LogP contribution is 2.38. The number of thiophene rings is 1. The van der Waals surface area contributed by atoms with E-state index in [-0.39, 0.29) is 22.1 Å². The van der Waals surface area contributed by atoms with Gasteiger partial charge in [-0.3, -0.25) is 4.72 Å². The lowest BCUT2D eigenvalue weighted by molar-refractivity contribution is -0.145. The molecule has 0 aliphatic heterocycles. The summed E-state index contributed by atoms with van der Waals surface area (Å²) in [5.74, 6) is -0.817. The molecule has 0 aliphatic rings. The maximum atomic E-state index is 13.7. The number of carboxylic acids is 1. The summed E-state index contributed by atoms with van der Waals surface area (Å²) >= 11 is 7.35. The number of carbonyl (C=O) groups is 1. The molecule has 0 fully saturated rings. The van der Waals surface area contributed by atoms with Crippen molar-refractivity contribution in [1.82, 2.24) is 0 Å². The molecule has 1 atom stereocenters. The number of fused-ring (bicyclic) bond motifs is 1. The number of halogens is 1. The molecule has 10 heteroatoms. The van der Waals surface area contributed by atoms with Gasteiger partial charge in [0, 0.05) is 27.9 Å². The molecule has 0 amide bonds. The first-order valence-corrected chi connectivity index (χ1v) is 17.0. The number of aryl methyl sites for hydroxylation is 2. The van der Waals surface area contributed by atoms with Crippen molar-refractivity contribution in [3.8, 4) is 5.75 Å². The molecular formula is C34H33ClN2O5S2. The molecule has 1 aromatic heterocycles. The van der Waals surface area contributed by atoms with E-state index in [1.165, 1.54) is 16.9 Å². The van der Waals surface area contributed by atoms with Crippen LogP contribution >= 0.6 is 22.9 Å². The van der Waals surface area contributed by atoms with Crippen molar-refractivity contribution in [2.75, 3.05) is 10.0 Å². The van der Waals surface area contributed by atoms with E-state index in [9.17, 15) is 18.3 Å². The smallest absolute Gasteiger partial charge is 0.345 e. The summed E-state index contributed by atoms with van der Waals surface area (Å²) in [5.41, 5.74) is 4.10. The Kier molecular flexibility index (Phi) is 9.78. The first kappa shape index (κ1) is 31.4. The lowest BCUT2D eigenvalue weighted by Gasteiger charge is -2.19. The van der Waals surface area contributed by atoms with Crippen LogP contribution in [-0.2, 0) is 27.7 Å². The van der Waals surface area contributed by atoms with Gasteiger partial charge in [0.05, 0.1) is 11.4 Å². The third-order valence-electron chi connectivity index (χ3n) is 7.20. The predicted molar refractivity (Wildman–Crippen MR) is 179 cm³/mol. The summed E-state index contributed by atoms with van der Waals surface area (Å²) < 4.78 is 37.1. The molecule has 0 aliphatic carbocycles. The molecule has 0 radical (unpaired) electrons. The number of hydrogen-bond acceptors (Lipinski definition) is 6. The van der Waals surface area contributed by atoms with Gasteiger partial charge in [-0.05, 0) is 84.3 Å². The molecule has 7 nitrogen and oxygen atoms in total. The first-order chi connectivity index (χ1) is 21.1. The van der Waals surface area contributed by atoms with Crippen molar-refractivity contribution in [2.24, 2.45) is 0 Å². The Morgan fingerprint density at radius 1 is 0.955 bits per heavy atom. The molecule has 0 saturated heterocycles. The zero-order valence-electron chi connectivity index (χ0n) is 24.3. The quantitative estimate of drug-likeness (QED) is 0.118. The van der Waals surface area contributed by atoms with Crippen LogP contribution in [0.25, 0.3) is 10.1 Å². The van der Waals surface area contributed by atoms with Gasteiger partial charge in [0.1, 0.15) is 9.96 Å². The largest absolute Gasteiger partial charge is 0.478 e. The van der Waals surface area contributed by atoms with Crippen molar-refractivity contribution in [1.29, 1.82) is 0 Å². The van der Waals surface area contributed by atoms with Crippen molar-refractivity contribution in [3.63, 3.8) is 0 Å². The van der Waals surface area contributed by atoms with E-state index in [2.05, 4.69) is 17.0 Å². The summed E-state index contributed by atoms with van der Waals surface area (Å²) in [7, 11) is -3.99. The number of unbranched alkanes of at least 4 members (excludes halogenated alkanes) is 1. The summed E-state index contributed by atoms with van der Waals surface area (Å²) in [6.45, 7) is 3.91. The van der Waals surface area contributed by atoms with E-state index < -0.39 is 22.1 Å². The molecule has 44 heavy (non-hydrogen) atoms. The molecule has 1 unspecified atom stereocenters. The van der Waals surface area contributed by atoms with Gasteiger partial charge in [-0.25, -0.2) is 13.2 Å². The fourth-order valence-corrected chi connectivity index (χ4v) is 7.87. The van der Waals surface area contributed by atoms with E-state index in [1.54, 1.807) is 37.3 Å². The van der Waals surface area contributed by atoms with Crippen molar-refractivity contribution in [3.05, 3.63) is 113 Å². The average Bonchev–Trinajstić information content (AvgIpc) is 3.34. The predicted octanol–water partition coefficient (Wildman–Crippen LogP) is 8.82. The number of sulfonamides is 1. The van der Waals surface area contributed by atoms with Crippen LogP contribution in [0.1, 0.15) is 36.5 Å². The van der Waals surface area contributed by atoms with Gasteiger partial charge in [0.15, 0.2) is 6.10 Å². The maximum Gasteiger partial charge on any atom is 0.345 e. The van der Waals surface area contributed by atoms with Crippen LogP contribution in [0.4, 0.5) is 17.1 Å². The summed E-state index contributed by atoms with van der Waals surface area (Å²) in [6, 6.07) is 27.3. The molecule has 5 rings (SSSR count). The molecule has 0 spiro atoms. The van der Waals surface area contributed by atoms with Crippen LogP contribution in [0.5, 0.6) is 5.75 Å². The molecule has 1 heterocycles. The van der Waals surface area contributed by atoms with Gasteiger partial charge in [-0.15, -0.1) is 11.3 Å². The summed E-state index contributed by atoms with van der Waals surface area (Å²) in [5, 5.41) is 14.5. The molecule has 0 saturated carbocycles. The van der Waals surface area contributed by atoms with Gasteiger partial charge >= 0.3 is 5.97 Å². The lowest BCUT2D eigenvalue weighted by atomic mass is 10.1. The number of aliphatic carboxylic acids is 1. The number of carboxylic acid groups (broad SMARTS) is 1. The Morgan fingerprint density at radius 2 is 1.70 bits per heavy atom. The number of nitrogens with one attached hydrogen (secondary N) is 2. The van der Waals surface area contributed by atoms with Crippen LogP contribution in [0.3, 0.4) is 0 Å². The van der Waals surface area contributed by atoms with Gasteiger partial charge < -0.3 is 15.2 Å². The first-order valence-electron chi connectivity index (χ1n) is 14.3. The third kappa shape index (κ3) is 7.53. The summed E-state index contributed by atoms with van der Waals surface area (Å²) in [6.07, 6.45) is 2.20. The maximum absolute atomic E-state index is 13.7. The Bertz CT molecular complexity index is 1870. The second-order valence-corrected chi connectivity index (χ2v) is 13.9. The van der Waals surface area contributed by atoms with E-state index in [0.29, 0.717) is 16.3 Å². The molecule has 5 aromatic rings. The summed E-state index contributed by atoms with van der Waals surface area (Å²) in [4.78, 5) is 12.1. The van der Waals surface area contributed by atoms with Gasteiger partial charge in [-0.2, -0.15) is 0 Å². The highest BCUT2D eigenvalue weighted by atomic mass is 35.5. The van der Waals surface area contributed by atoms with Gasteiger partial charge in [-0.1, -0.05) is 67.4 Å². The second-order valence-electron chi connectivity index (χ2n) is 10.5. The van der Waals surface area contributed by atoms with Crippen LogP contribution in [0, 0.1) is 6.92 Å². The minimum absolute atomic E-state index is 0.168. The van der Waals surface area contributed by atoms with Crippen LogP contribution in [0.2, 0.25) is 5.02 Å². The topological polar surface area (TPSA) is 105 Å². The highest BCUT2D eigenvalue weighted by Gasteiger charge is 2.25. The van der Waals surface area contributed by atoms with E-state index in [4.69, 9.17) is 16.3 Å². The molecular weight excluding hydrogens is 616 g/mol. The minimum atomic E-state index is -3.99.